The van der Waals surface area contributed by atoms with E-state index in [0.717, 1.165) is 12.5 Å². The summed E-state index contributed by atoms with van der Waals surface area (Å²) in [7, 11) is 0. The molecule has 1 aromatic carbocycles. The molecule has 1 aliphatic heterocycles. The van der Waals surface area contributed by atoms with Gasteiger partial charge in [0.15, 0.2) is 0 Å². The molecule has 0 saturated carbocycles. The molecule has 1 atom stereocenters. The summed E-state index contributed by atoms with van der Waals surface area (Å²) in [4.78, 5) is 5.21. The van der Waals surface area contributed by atoms with Crippen molar-refractivity contribution in [3.8, 4) is 0 Å². The number of hydrogen-bond donors (Lipinski definition) is 0. The first-order valence-corrected chi connectivity index (χ1v) is 9.02. The minimum Gasteiger partial charge on any atom is -0.297 e. The van der Waals surface area contributed by atoms with Crippen molar-refractivity contribution in [3.05, 3.63) is 59.7 Å². The molecule has 0 radical (unpaired) electrons. The molecule has 124 valence electrons. The molecular weight excluding hydrogens is 280 g/mol. The lowest BCUT2D eigenvalue weighted by atomic mass is 9.85. The molecule has 0 spiro atoms. The predicted molar refractivity (Wildman–Crippen MR) is 98.4 cm³/mol. The Bertz CT molecular complexity index is 538. The van der Waals surface area contributed by atoms with Crippen molar-refractivity contribution in [2.45, 2.75) is 32.7 Å². The number of hydrogen-bond acceptors (Lipinski definition) is 2. The first kappa shape index (κ1) is 16.5. The van der Waals surface area contributed by atoms with E-state index < -0.39 is 0 Å². The molecule has 2 nitrogen and oxygen atoms in total. The number of nitrogens with zero attached hydrogens (tertiary/aromatic N) is 2. The Kier molecular flexibility index (Phi) is 5.69. The molecule has 0 amide bonds. The van der Waals surface area contributed by atoms with Crippen molar-refractivity contribution in [2.24, 2.45) is 5.92 Å². The third-order valence-corrected chi connectivity index (χ3v) is 5.34. The van der Waals surface area contributed by atoms with Crippen molar-refractivity contribution < 1.29 is 0 Å². The van der Waals surface area contributed by atoms with E-state index in [4.69, 9.17) is 0 Å². The van der Waals surface area contributed by atoms with Crippen molar-refractivity contribution in [3.63, 3.8) is 0 Å². The molecule has 0 bridgehead atoms. The Morgan fingerprint density at radius 3 is 2.26 bits per heavy atom. The summed E-state index contributed by atoms with van der Waals surface area (Å²) in [6.45, 7) is 13.4. The van der Waals surface area contributed by atoms with Crippen LogP contribution in [-0.4, -0.2) is 42.5 Å². The largest absolute Gasteiger partial charge is 0.297 e. The maximum Gasteiger partial charge on any atom is 0.0234 e. The fourth-order valence-corrected chi connectivity index (χ4v) is 3.71. The summed E-state index contributed by atoms with van der Waals surface area (Å²) in [5.74, 6) is 0.724. The van der Waals surface area contributed by atoms with E-state index in [9.17, 15) is 0 Å². The van der Waals surface area contributed by atoms with Gasteiger partial charge in [0.1, 0.15) is 0 Å². The van der Waals surface area contributed by atoms with E-state index in [1.165, 1.54) is 63.1 Å². The van der Waals surface area contributed by atoms with E-state index in [1.54, 1.807) is 5.57 Å². The second kappa shape index (κ2) is 7.94. The SMILES string of the molecule is C=C(C)[C@@H]1CC=C(CN2CCN(Cc3ccccc3)CC2)CC1. The van der Waals surface area contributed by atoms with Crippen LogP contribution in [0, 0.1) is 5.92 Å². The molecule has 1 heterocycles. The minimum absolute atomic E-state index is 0.724. The number of piperazine rings is 1. The molecule has 0 unspecified atom stereocenters. The summed E-state index contributed by atoms with van der Waals surface area (Å²) in [5, 5.41) is 0. The lowest BCUT2D eigenvalue weighted by Gasteiger charge is -2.36. The van der Waals surface area contributed by atoms with Crippen molar-refractivity contribution >= 4 is 0 Å². The first-order valence-electron chi connectivity index (χ1n) is 9.02. The molecule has 1 aliphatic carbocycles. The van der Waals surface area contributed by atoms with Gasteiger partial charge in [-0.3, -0.25) is 9.80 Å². The van der Waals surface area contributed by atoms with E-state index in [2.05, 4.69) is 59.7 Å². The van der Waals surface area contributed by atoms with Crippen LogP contribution < -0.4 is 0 Å². The minimum atomic E-state index is 0.724. The van der Waals surface area contributed by atoms with Gasteiger partial charge in [0.05, 0.1) is 0 Å². The second-order valence-corrected chi connectivity index (χ2v) is 7.22. The third-order valence-electron chi connectivity index (χ3n) is 5.34. The van der Waals surface area contributed by atoms with Crippen LogP contribution in [-0.2, 0) is 6.54 Å². The van der Waals surface area contributed by atoms with Crippen molar-refractivity contribution in [1.82, 2.24) is 9.80 Å². The lowest BCUT2D eigenvalue weighted by Crippen LogP contribution is -2.46. The Morgan fingerprint density at radius 1 is 1.04 bits per heavy atom. The Balaban J connectivity index is 1.42. The highest BCUT2D eigenvalue weighted by Gasteiger charge is 2.20. The monoisotopic (exact) mass is 310 g/mol. The van der Waals surface area contributed by atoms with Gasteiger partial charge in [0.25, 0.3) is 0 Å². The van der Waals surface area contributed by atoms with Crippen LogP contribution >= 0.6 is 0 Å². The van der Waals surface area contributed by atoms with Crippen LogP contribution in [0.25, 0.3) is 0 Å². The summed E-state index contributed by atoms with van der Waals surface area (Å²) in [6, 6.07) is 10.8. The van der Waals surface area contributed by atoms with Crippen molar-refractivity contribution in [1.29, 1.82) is 0 Å². The predicted octanol–water partition coefficient (Wildman–Crippen LogP) is 4.11. The maximum atomic E-state index is 4.12. The summed E-state index contributed by atoms with van der Waals surface area (Å²) in [6.07, 6.45) is 6.26. The fourth-order valence-electron chi connectivity index (χ4n) is 3.71. The van der Waals surface area contributed by atoms with Gasteiger partial charge in [-0.1, -0.05) is 54.1 Å². The first-order chi connectivity index (χ1) is 11.2. The van der Waals surface area contributed by atoms with Crippen LogP contribution in [0.1, 0.15) is 31.7 Å². The Labute approximate surface area is 141 Å². The van der Waals surface area contributed by atoms with Crippen LogP contribution in [0.2, 0.25) is 0 Å². The average molecular weight is 310 g/mol. The highest BCUT2D eigenvalue weighted by molar-refractivity contribution is 5.15. The van der Waals surface area contributed by atoms with Crippen LogP contribution in [0.3, 0.4) is 0 Å². The molecule has 1 aromatic rings. The maximum absolute atomic E-state index is 4.12. The molecular formula is C21H30N2. The number of allylic oxidation sites excluding steroid dienone is 2. The summed E-state index contributed by atoms with van der Waals surface area (Å²) >= 11 is 0. The quantitative estimate of drug-likeness (QED) is 0.755. The van der Waals surface area contributed by atoms with Crippen molar-refractivity contribution in [2.75, 3.05) is 32.7 Å². The van der Waals surface area contributed by atoms with E-state index in [1.807, 2.05) is 0 Å². The zero-order valence-corrected chi connectivity index (χ0v) is 14.5. The molecule has 0 N–H and O–H groups in total. The van der Waals surface area contributed by atoms with Gasteiger partial charge in [-0.15, -0.1) is 0 Å². The third kappa shape index (κ3) is 4.79. The second-order valence-electron chi connectivity index (χ2n) is 7.22. The van der Waals surface area contributed by atoms with Gasteiger partial charge in [0, 0.05) is 39.3 Å². The van der Waals surface area contributed by atoms with E-state index >= 15 is 0 Å². The van der Waals surface area contributed by atoms with Gasteiger partial charge in [0.2, 0.25) is 0 Å². The molecule has 1 saturated heterocycles. The standard InChI is InChI=1S/C21H30N2/c1-18(2)21-10-8-20(9-11-21)17-23-14-12-22(13-15-23)16-19-6-4-3-5-7-19/h3-8,21H,1,9-17H2,2H3/t21-/m1/s1. The molecule has 1 fully saturated rings. The topological polar surface area (TPSA) is 6.48 Å². The van der Waals surface area contributed by atoms with Gasteiger partial charge in [-0.05, 0) is 37.7 Å². The lowest BCUT2D eigenvalue weighted by molar-refractivity contribution is 0.133. The summed E-state index contributed by atoms with van der Waals surface area (Å²) in [5.41, 5.74) is 4.44. The number of benzene rings is 1. The summed E-state index contributed by atoms with van der Waals surface area (Å²) < 4.78 is 0. The zero-order chi connectivity index (χ0) is 16.1. The molecule has 2 aliphatic rings. The fraction of sp³-hybridized carbons (Fsp3) is 0.524. The van der Waals surface area contributed by atoms with Crippen LogP contribution in [0.15, 0.2) is 54.1 Å². The highest BCUT2D eigenvalue weighted by atomic mass is 15.3. The molecule has 3 rings (SSSR count). The zero-order valence-electron chi connectivity index (χ0n) is 14.5. The van der Waals surface area contributed by atoms with E-state index in [-0.39, 0.29) is 0 Å². The van der Waals surface area contributed by atoms with Crippen LogP contribution in [0.5, 0.6) is 0 Å². The molecule has 23 heavy (non-hydrogen) atoms. The van der Waals surface area contributed by atoms with E-state index in [0.29, 0.717) is 0 Å². The highest BCUT2D eigenvalue weighted by Crippen LogP contribution is 2.28. The normalized spacial score (nSPS) is 23.5. The van der Waals surface area contributed by atoms with Gasteiger partial charge < -0.3 is 0 Å². The molecule has 0 aromatic heterocycles. The molecule has 2 heteroatoms. The smallest absolute Gasteiger partial charge is 0.0234 e. The average Bonchev–Trinajstić information content (AvgIpc) is 2.58. The van der Waals surface area contributed by atoms with Gasteiger partial charge in [-0.25, -0.2) is 0 Å². The number of rotatable bonds is 5. The Morgan fingerprint density at radius 2 is 1.70 bits per heavy atom. The Hall–Kier alpha value is -1.38. The van der Waals surface area contributed by atoms with Gasteiger partial charge in [-0.2, -0.15) is 0 Å². The van der Waals surface area contributed by atoms with Gasteiger partial charge >= 0.3 is 0 Å². The van der Waals surface area contributed by atoms with Crippen LogP contribution in [0.4, 0.5) is 0 Å².